The summed E-state index contributed by atoms with van der Waals surface area (Å²) >= 11 is 3.10. The third-order valence-electron chi connectivity index (χ3n) is 0.488. The van der Waals surface area contributed by atoms with Gasteiger partial charge in [-0.05, 0) is 0 Å². The standard InChI is InChI=1S/C3H8BrO2P/c1-5-7(2)6-3-4/h3H2,1-2H3. The number of rotatable bonds is 3. The predicted molar refractivity (Wildman–Crippen MR) is 34.7 cm³/mol. The summed E-state index contributed by atoms with van der Waals surface area (Å²) in [5.41, 5.74) is 0.559. The zero-order valence-electron chi connectivity index (χ0n) is 4.35. The van der Waals surface area contributed by atoms with Crippen LogP contribution in [0.5, 0.6) is 0 Å². The first kappa shape index (κ1) is 7.83. The van der Waals surface area contributed by atoms with Crippen LogP contribution in [0.15, 0.2) is 0 Å². The van der Waals surface area contributed by atoms with Crippen molar-refractivity contribution in [3.63, 3.8) is 0 Å². The van der Waals surface area contributed by atoms with E-state index in [4.69, 9.17) is 9.05 Å². The largest absolute Gasteiger partial charge is 0.338 e. The zero-order chi connectivity index (χ0) is 5.70. The Balaban J connectivity index is 2.83. The second kappa shape index (κ2) is 4.98. The smallest absolute Gasteiger partial charge is 0.167 e. The molecule has 0 spiro atoms. The molecule has 4 heteroatoms. The Hall–Kier alpha value is 0.830. The molecule has 2 nitrogen and oxygen atoms in total. The molecule has 0 aliphatic rings. The highest BCUT2D eigenvalue weighted by Crippen LogP contribution is 2.31. The van der Waals surface area contributed by atoms with Crippen molar-refractivity contribution in [2.75, 3.05) is 19.3 Å². The van der Waals surface area contributed by atoms with Crippen molar-refractivity contribution in [3.8, 4) is 0 Å². The van der Waals surface area contributed by atoms with Crippen LogP contribution in [0.3, 0.4) is 0 Å². The van der Waals surface area contributed by atoms with Gasteiger partial charge in [0, 0.05) is 13.8 Å². The fourth-order valence-corrected chi connectivity index (χ4v) is 1.23. The number of hydrogen-bond acceptors (Lipinski definition) is 2. The maximum Gasteiger partial charge on any atom is 0.167 e. The summed E-state index contributed by atoms with van der Waals surface area (Å²) in [6, 6.07) is 0. The Bertz CT molecular complexity index is 43.9. The highest BCUT2D eigenvalue weighted by Gasteiger charge is 1.93. The topological polar surface area (TPSA) is 18.5 Å². The Morgan fingerprint density at radius 1 is 1.71 bits per heavy atom. The van der Waals surface area contributed by atoms with Crippen molar-refractivity contribution >= 4 is 24.3 Å². The second-order valence-corrected chi connectivity index (χ2v) is 2.82. The van der Waals surface area contributed by atoms with Gasteiger partial charge in [0.1, 0.15) is 5.52 Å². The predicted octanol–water partition coefficient (Wildman–Crippen LogP) is 1.94. The molecule has 0 N–H and O–H groups in total. The van der Waals surface area contributed by atoms with E-state index in [1.54, 1.807) is 7.11 Å². The fourth-order valence-electron chi connectivity index (χ4n) is 0.121. The molecule has 0 amide bonds. The van der Waals surface area contributed by atoms with Crippen molar-refractivity contribution in [1.82, 2.24) is 0 Å². The quantitative estimate of drug-likeness (QED) is 0.496. The van der Waals surface area contributed by atoms with Crippen LogP contribution < -0.4 is 0 Å². The SMILES string of the molecule is COP(C)OCBr. The number of halogens is 1. The summed E-state index contributed by atoms with van der Waals surface area (Å²) in [5, 5.41) is 0. The van der Waals surface area contributed by atoms with E-state index in [1.807, 2.05) is 6.66 Å². The average Bonchev–Trinajstić information content (AvgIpc) is 1.68. The molecule has 0 aromatic carbocycles. The van der Waals surface area contributed by atoms with E-state index >= 15 is 0 Å². The van der Waals surface area contributed by atoms with Gasteiger partial charge in [-0.1, -0.05) is 15.9 Å². The molecule has 7 heavy (non-hydrogen) atoms. The second-order valence-electron chi connectivity index (χ2n) is 0.860. The van der Waals surface area contributed by atoms with E-state index in [0.29, 0.717) is 5.52 Å². The first-order valence-corrected chi connectivity index (χ1v) is 4.52. The van der Waals surface area contributed by atoms with Crippen molar-refractivity contribution in [2.45, 2.75) is 0 Å². The molecule has 0 bridgehead atoms. The Morgan fingerprint density at radius 3 is 2.43 bits per heavy atom. The normalized spacial score (nSPS) is 14.1. The van der Waals surface area contributed by atoms with Crippen LogP contribution in [0.2, 0.25) is 0 Å². The maximum absolute atomic E-state index is 4.95. The van der Waals surface area contributed by atoms with Crippen molar-refractivity contribution in [1.29, 1.82) is 0 Å². The van der Waals surface area contributed by atoms with E-state index < -0.39 is 8.38 Å². The lowest BCUT2D eigenvalue weighted by atomic mass is 11.8. The molecule has 0 radical (unpaired) electrons. The third kappa shape index (κ3) is 4.69. The Kier molecular flexibility index (Phi) is 5.57. The monoisotopic (exact) mass is 186 g/mol. The van der Waals surface area contributed by atoms with Crippen LogP contribution in [0.25, 0.3) is 0 Å². The van der Waals surface area contributed by atoms with Gasteiger partial charge < -0.3 is 9.05 Å². The van der Waals surface area contributed by atoms with Gasteiger partial charge in [0.25, 0.3) is 0 Å². The van der Waals surface area contributed by atoms with Crippen LogP contribution in [0, 0.1) is 0 Å². The summed E-state index contributed by atoms with van der Waals surface area (Å²) in [6.45, 7) is 1.90. The summed E-state index contributed by atoms with van der Waals surface area (Å²) in [6.07, 6.45) is 0. The molecule has 0 heterocycles. The lowest BCUT2D eigenvalue weighted by Crippen LogP contribution is -1.79. The van der Waals surface area contributed by atoms with Crippen LogP contribution in [0.1, 0.15) is 0 Å². The van der Waals surface area contributed by atoms with E-state index in [-0.39, 0.29) is 0 Å². The van der Waals surface area contributed by atoms with Crippen molar-refractivity contribution in [3.05, 3.63) is 0 Å². The molecule has 1 unspecified atom stereocenters. The van der Waals surface area contributed by atoms with E-state index in [9.17, 15) is 0 Å². The summed E-state index contributed by atoms with van der Waals surface area (Å²) in [7, 11) is 1.01. The molecule has 0 aromatic heterocycles. The molecule has 44 valence electrons. The van der Waals surface area contributed by atoms with Gasteiger partial charge >= 0.3 is 0 Å². The molecule has 0 aliphatic carbocycles. The van der Waals surface area contributed by atoms with Gasteiger partial charge in [0.05, 0.1) is 0 Å². The molecule has 0 saturated carbocycles. The van der Waals surface area contributed by atoms with E-state index in [2.05, 4.69) is 15.9 Å². The van der Waals surface area contributed by atoms with Crippen LogP contribution in [-0.2, 0) is 9.05 Å². The number of hydrogen-bond donors (Lipinski definition) is 0. The average molecular weight is 187 g/mol. The zero-order valence-corrected chi connectivity index (χ0v) is 6.83. The van der Waals surface area contributed by atoms with Gasteiger partial charge in [-0.15, -0.1) is 0 Å². The minimum absolute atomic E-state index is 0.559. The Labute approximate surface area is 53.2 Å². The molecule has 0 saturated heterocycles. The van der Waals surface area contributed by atoms with Crippen molar-refractivity contribution in [2.24, 2.45) is 0 Å². The lowest BCUT2D eigenvalue weighted by Gasteiger charge is -2.04. The lowest BCUT2D eigenvalue weighted by molar-refractivity contribution is 0.337. The van der Waals surface area contributed by atoms with Gasteiger partial charge in [-0.2, -0.15) is 0 Å². The molecular formula is C3H8BrO2P. The number of alkyl halides is 1. The molecule has 0 aliphatic heterocycles. The summed E-state index contributed by atoms with van der Waals surface area (Å²) in [4.78, 5) is 0. The van der Waals surface area contributed by atoms with Crippen LogP contribution >= 0.6 is 24.3 Å². The van der Waals surface area contributed by atoms with Crippen molar-refractivity contribution < 1.29 is 9.05 Å². The van der Waals surface area contributed by atoms with Crippen LogP contribution in [-0.4, -0.2) is 19.3 Å². The van der Waals surface area contributed by atoms with E-state index in [1.165, 1.54) is 0 Å². The molecular weight excluding hydrogens is 179 g/mol. The minimum atomic E-state index is -0.625. The highest BCUT2D eigenvalue weighted by atomic mass is 79.9. The first-order valence-electron chi connectivity index (χ1n) is 1.78. The summed E-state index contributed by atoms with van der Waals surface area (Å²) < 4.78 is 9.75. The van der Waals surface area contributed by atoms with E-state index in [0.717, 1.165) is 0 Å². The molecule has 0 aromatic rings. The minimum Gasteiger partial charge on any atom is -0.338 e. The van der Waals surface area contributed by atoms with Gasteiger partial charge in [0.15, 0.2) is 8.38 Å². The highest BCUT2D eigenvalue weighted by molar-refractivity contribution is 9.09. The molecule has 1 atom stereocenters. The molecule has 0 rings (SSSR count). The maximum atomic E-state index is 4.95. The van der Waals surface area contributed by atoms with Gasteiger partial charge in [-0.3, -0.25) is 0 Å². The van der Waals surface area contributed by atoms with Gasteiger partial charge in [-0.25, -0.2) is 0 Å². The van der Waals surface area contributed by atoms with Gasteiger partial charge in [0.2, 0.25) is 0 Å². The third-order valence-corrected chi connectivity index (χ3v) is 2.08. The molecule has 0 fully saturated rings. The van der Waals surface area contributed by atoms with Crippen LogP contribution in [0.4, 0.5) is 0 Å². The first-order chi connectivity index (χ1) is 3.31. The fraction of sp³-hybridized carbons (Fsp3) is 1.00. The summed E-state index contributed by atoms with van der Waals surface area (Å²) in [5.74, 6) is 0. The Morgan fingerprint density at radius 2 is 2.29 bits per heavy atom.